The second-order valence-corrected chi connectivity index (χ2v) is 7.08. The Morgan fingerprint density at radius 2 is 1.88 bits per heavy atom. The van der Waals surface area contributed by atoms with E-state index in [4.69, 9.17) is 9.47 Å². The van der Waals surface area contributed by atoms with Crippen molar-refractivity contribution in [2.45, 2.75) is 12.7 Å². The number of hydrogen-bond donors (Lipinski definition) is 1. The number of nitro groups is 1. The summed E-state index contributed by atoms with van der Waals surface area (Å²) >= 11 is 0. The molecule has 1 saturated heterocycles. The van der Waals surface area contributed by atoms with E-state index in [1.165, 1.54) is 12.1 Å². The molecule has 1 heterocycles. The number of ether oxygens (including phenoxy) is 3. The van der Waals surface area contributed by atoms with Crippen molar-refractivity contribution in [3.63, 3.8) is 0 Å². The standard InChI is InChI=1S/C21H22F3N3O6/c1-31-18-10-15(16(27(29)30)11-19(18)33-21(23)24)20(28)25-12-17(26-6-8-32-9-7-26)13-2-4-14(22)5-3-13/h2-5,10-11,17,21H,6-9,12H2,1H3,(H,25,28)/t17-/m1/s1. The third-order valence-electron chi connectivity index (χ3n) is 5.14. The summed E-state index contributed by atoms with van der Waals surface area (Å²) < 4.78 is 53.3. The van der Waals surface area contributed by atoms with Gasteiger partial charge in [0.1, 0.15) is 11.4 Å². The highest BCUT2D eigenvalue weighted by molar-refractivity contribution is 5.99. The number of morpholine rings is 1. The van der Waals surface area contributed by atoms with Crippen LogP contribution < -0.4 is 14.8 Å². The zero-order chi connectivity index (χ0) is 24.0. The van der Waals surface area contributed by atoms with Crippen LogP contribution in [0.2, 0.25) is 0 Å². The molecule has 0 spiro atoms. The minimum absolute atomic E-state index is 0.0548. The first kappa shape index (κ1) is 24.3. The predicted octanol–water partition coefficient (Wildman–Crippen LogP) is 3.15. The average molecular weight is 469 g/mol. The molecule has 2 aromatic rings. The summed E-state index contributed by atoms with van der Waals surface area (Å²) in [6.45, 7) is -1.06. The minimum atomic E-state index is -3.23. The van der Waals surface area contributed by atoms with Gasteiger partial charge in [0.25, 0.3) is 11.6 Å². The Kier molecular flexibility index (Phi) is 8.06. The van der Waals surface area contributed by atoms with Gasteiger partial charge in [-0.3, -0.25) is 19.8 Å². The quantitative estimate of drug-likeness (QED) is 0.445. The van der Waals surface area contributed by atoms with Gasteiger partial charge in [0.05, 0.1) is 37.4 Å². The molecule has 2 aromatic carbocycles. The van der Waals surface area contributed by atoms with E-state index < -0.39 is 34.7 Å². The zero-order valence-electron chi connectivity index (χ0n) is 17.6. The number of hydrogen-bond acceptors (Lipinski definition) is 7. The summed E-state index contributed by atoms with van der Waals surface area (Å²) in [5.41, 5.74) is -0.349. The van der Waals surface area contributed by atoms with Gasteiger partial charge in [-0.25, -0.2) is 4.39 Å². The highest BCUT2D eigenvalue weighted by atomic mass is 19.3. The van der Waals surface area contributed by atoms with E-state index in [-0.39, 0.29) is 23.9 Å². The Morgan fingerprint density at radius 1 is 1.21 bits per heavy atom. The summed E-state index contributed by atoms with van der Waals surface area (Å²) in [6.07, 6.45) is 0. The second kappa shape index (κ2) is 11.0. The summed E-state index contributed by atoms with van der Waals surface area (Å²) in [5.74, 6) is -2.02. The molecule has 178 valence electrons. The van der Waals surface area contributed by atoms with Crippen LogP contribution in [0.15, 0.2) is 36.4 Å². The van der Waals surface area contributed by atoms with Crippen molar-refractivity contribution in [1.82, 2.24) is 10.2 Å². The summed E-state index contributed by atoms with van der Waals surface area (Å²) in [4.78, 5) is 25.5. The maximum Gasteiger partial charge on any atom is 0.387 e. The van der Waals surface area contributed by atoms with Crippen LogP contribution in [0.1, 0.15) is 22.0 Å². The van der Waals surface area contributed by atoms with Gasteiger partial charge in [-0.05, 0) is 17.7 Å². The lowest BCUT2D eigenvalue weighted by atomic mass is 10.0. The molecule has 0 unspecified atom stereocenters. The zero-order valence-corrected chi connectivity index (χ0v) is 17.6. The van der Waals surface area contributed by atoms with E-state index in [9.17, 15) is 28.1 Å². The fraction of sp³-hybridized carbons (Fsp3) is 0.381. The number of nitro benzene ring substituents is 1. The second-order valence-electron chi connectivity index (χ2n) is 7.08. The van der Waals surface area contributed by atoms with E-state index in [0.717, 1.165) is 24.8 Å². The number of benzene rings is 2. The molecule has 1 atom stereocenters. The van der Waals surface area contributed by atoms with Crippen LogP contribution in [0, 0.1) is 15.9 Å². The Hall–Kier alpha value is -3.38. The molecule has 0 aliphatic carbocycles. The number of amides is 1. The van der Waals surface area contributed by atoms with Crippen LogP contribution >= 0.6 is 0 Å². The molecule has 0 radical (unpaired) electrons. The first-order valence-electron chi connectivity index (χ1n) is 9.97. The first-order chi connectivity index (χ1) is 15.8. The largest absolute Gasteiger partial charge is 0.493 e. The Morgan fingerprint density at radius 3 is 2.45 bits per heavy atom. The molecule has 12 heteroatoms. The number of rotatable bonds is 9. The number of carbonyl (C=O) groups excluding carboxylic acids is 1. The molecule has 0 bridgehead atoms. The third-order valence-corrected chi connectivity index (χ3v) is 5.14. The third kappa shape index (κ3) is 6.11. The Balaban J connectivity index is 1.86. The topological polar surface area (TPSA) is 103 Å². The molecule has 1 amide bonds. The van der Waals surface area contributed by atoms with Crippen LogP contribution in [0.25, 0.3) is 0 Å². The number of nitrogens with zero attached hydrogens (tertiary/aromatic N) is 2. The van der Waals surface area contributed by atoms with Crippen LogP contribution in [0.4, 0.5) is 18.9 Å². The van der Waals surface area contributed by atoms with Gasteiger partial charge in [0.15, 0.2) is 11.5 Å². The van der Waals surface area contributed by atoms with Crippen LogP contribution in [0.5, 0.6) is 11.5 Å². The number of halogens is 3. The van der Waals surface area contributed by atoms with Crippen LogP contribution in [-0.4, -0.2) is 62.3 Å². The van der Waals surface area contributed by atoms with Gasteiger partial charge in [-0.2, -0.15) is 8.78 Å². The SMILES string of the molecule is COc1cc(C(=O)NC[C@H](c2ccc(F)cc2)N2CCOCC2)c([N+](=O)[O-])cc1OC(F)F. The summed E-state index contributed by atoms with van der Waals surface area (Å²) in [6, 6.07) is 7.17. The molecule has 9 nitrogen and oxygen atoms in total. The first-order valence-corrected chi connectivity index (χ1v) is 9.97. The highest BCUT2D eigenvalue weighted by Crippen LogP contribution is 2.35. The molecular weight excluding hydrogens is 447 g/mol. The van der Waals surface area contributed by atoms with Crippen molar-refractivity contribution < 1.29 is 37.1 Å². The van der Waals surface area contributed by atoms with Crippen molar-refractivity contribution >= 4 is 11.6 Å². The van der Waals surface area contributed by atoms with E-state index in [1.807, 2.05) is 4.90 Å². The van der Waals surface area contributed by atoms with Gasteiger partial charge in [-0.1, -0.05) is 12.1 Å². The fourth-order valence-electron chi connectivity index (χ4n) is 3.55. The predicted molar refractivity (Wildman–Crippen MR) is 110 cm³/mol. The van der Waals surface area contributed by atoms with Gasteiger partial charge in [-0.15, -0.1) is 0 Å². The summed E-state index contributed by atoms with van der Waals surface area (Å²) in [7, 11) is 1.16. The number of carbonyl (C=O) groups is 1. The van der Waals surface area contributed by atoms with Gasteiger partial charge in [0.2, 0.25) is 0 Å². The van der Waals surface area contributed by atoms with E-state index >= 15 is 0 Å². The van der Waals surface area contributed by atoms with Gasteiger partial charge < -0.3 is 19.5 Å². The minimum Gasteiger partial charge on any atom is -0.493 e. The molecule has 0 saturated carbocycles. The molecular formula is C21H22F3N3O6. The Labute approximate surface area is 187 Å². The molecule has 0 aromatic heterocycles. The smallest absolute Gasteiger partial charge is 0.387 e. The van der Waals surface area contributed by atoms with Gasteiger partial charge in [0, 0.05) is 25.7 Å². The van der Waals surface area contributed by atoms with Crippen molar-refractivity contribution in [2.75, 3.05) is 40.0 Å². The van der Waals surface area contributed by atoms with E-state index in [0.29, 0.717) is 26.3 Å². The highest BCUT2D eigenvalue weighted by Gasteiger charge is 2.28. The van der Waals surface area contributed by atoms with E-state index in [2.05, 4.69) is 10.1 Å². The fourth-order valence-corrected chi connectivity index (χ4v) is 3.55. The van der Waals surface area contributed by atoms with Crippen LogP contribution in [0.3, 0.4) is 0 Å². The average Bonchev–Trinajstić information content (AvgIpc) is 2.80. The van der Waals surface area contributed by atoms with E-state index in [1.54, 1.807) is 12.1 Å². The molecule has 1 fully saturated rings. The monoisotopic (exact) mass is 469 g/mol. The Bertz CT molecular complexity index is 984. The number of methoxy groups -OCH3 is 1. The van der Waals surface area contributed by atoms with Gasteiger partial charge >= 0.3 is 6.61 Å². The van der Waals surface area contributed by atoms with Crippen LogP contribution in [-0.2, 0) is 4.74 Å². The summed E-state index contributed by atoms with van der Waals surface area (Å²) in [5, 5.41) is 14.1. The number of alkyl halides is 2. The lowest BCUT2D eigenvalue weighted by Crippen LogP contribution is -2.43. The normalized spacial score (nSPS) is 15.2. The van der Waals surface area contributed by atoms with Crippen molar-refractivity contribution in [1.29, 1.82) is 0 Å². The maximum atomic E-state index is 13.4. The van der Waals surface area contributed by atoms with Crippen molar-refractivity contribution in [3.8, 4) is 11.5 Å². The molecule has 1 aliphatic rings. The molecule has 33 heavy (non-hydrogen) atoms. The maximum absolute atomic E-state index is 13.4. The number of nitrogens with one attached hydrogen (secondary N) is 1. The molecule has 1 N–H and O–H groups in total. The lowest BCUT2D eigenvalue weighted by molar-refractivity contribution is -0.385. The molecule has 3 rings (SSSR count). The van der Waals surface area contributed by atoms with Crippen molar-refractivity contribution in [2.24, 2.45) is 0 Å². The van der Waals surface area contributed by atoms with Crippen molar-refractivity contribution in [3.05, 3.63) is 63.5 Å². The lowest BCUT2D eigenvalue weighted by Gasteiger charge is -2.35. The molecule has 1 aliphatic heterocycles.